The predicted octanol–water partition coefficient (Wildman–Crippen LogP) is 5.55. The molecule has 0 radical (unpaired) electrons. The zero-order valence-corrected chi connectivity index (χ0v) is 18.7. The number of allylic oxidation sites excluding steroid dienone is 2. The van der Waals surface area contributed by atoms with Crippen molar-refractivity contribution in [1.82, 2.24) is 0 Å². The van der Waals surface area contributed by atoms with Crippen molar-refractivity contribution in [2.45, 2.75) is 79.2 Å². The number of aryl methyl sites for hydroxylation is 1. The largest absolute Gasteiger partial charge is 0.472 e. The van der Waals surface area contributed by atoms with Crippen LogP contribution in [0.1, 0.15) is 72.3 Å². The van der Waals surface area contributed by atoms with E-state index in [4.69, 9.17) is 9.15 Å². The van der Waals surface area contributed by atoms with Gasteiger partial charge in [-0.3, -0.25) is 4.79 Å². The average Bonchev–Trinajstić information content (AvgIpc) is 3.16. The molecule has 1 fully saturated rings. The summed E-state index contributed by atoms with van der Waals surface area (Å²) in [4.78, 5) is 12.2. The lowest BCUT2D eigenvalue weighted by Crippen LogP contribution is -2.55. The second-order valence-corrected chi connectivity index (χ2v) is 10.2. The number of hydrogen-bond acceptors (Lipinski definition) is 4. The molecule has 0 amide bonds. The van der Waals surface area contributed by atoms with Crippen LogP contribution in [0.5, 0.6) is 0 Å². The summed E-state index contributed by atoms with van der Waals surface area (Å²) < 4.78 is 10.9. The Morgan fingerprint density at radius 3 is 2.76 bits per heavy atom. The van der Waals surface area contributed by atoms with Crippen molar-refractivity contribution in [2.24, 2.45) is 28.6 Å². The summed E-state index contributed by atoms with van der Waals surface area (Å²) in [6.45, 7) is 11.3. The Balaban J connectivity index is 1.79. The number of carbonyl (C=O) groups excluding carboxylic acids is 1. The normalized spacial score (nSPS) is 34.6. The molecular formula is C25H38O4. The minimum atomic E-state index is -0.409. The molecule has 1 aromatic rings. The number of esters is 1. The fraction of sp³-hybridized carbons (Fsp3) is 0.720. The van der Waals surface area contributed by atoms with Crippen molar-refractivity contribution in [3.63, 3.8) is 0 Å². The number of aliphatic hydroxyl groups is 1. The van der Waals surface area contributed by atoms with Crippen molar-refractivity contribution < 1.29 is 19.1 Å². The maximum absolute atomic E-state index is 12.2. The molecule has 0 aromatic carbocycles. The minimum absolute atomic E-state index is 0.0186. The highest BCUT2D eigenvalue weighted by Crippen LogP contribution is 2.61. The molecule has 0 bridgehead atoms. The summed E-state index contributed by atoms with van der Waals surface area (Å²) in [6.07, 6.45) is 10.8. The van der Waals surface area contributed by atoms with Crippen LogP contribution >= 0.6 is 0 Å². The molecule has 3 rings (SSSR count). The molecular weight excluding hydrogens is 364 g/mol. The first-order valence-corrected chi connectivity index (χ1v) is 11.2. The van der Waals surface area contributed by atoms with Gasteiger partial charge >= 0.3 is 5.97 Å². The van der Waals surface area contributed by atoms with Crippen LogP contribution in [0.3, 0.4) is 0 Å². The van der Waals surface area contributed by atoms with Gasteiger partial charge in [0, 0.05) is 12.3 Å². The molecule has 4 heteroatoms. The van der Waals surface area contributed by atoms with Crippen LogP contribution in [0.4, 0.5) is 0 Å². The number of aliphatic hydroxyl groups excluding tert-OH is 1. The summed E-state index contributed by atoms with van der Waals surface area (Å²) in [5, 5.41) is 10.9. The summed E-state index contributed by atoms with van der Waals surface area (Å²) in [5.74, 6) is 0.579. The lowest BCUT2D eigenvalue weighted by Gasteiger charge is -2.58. The maximum atomic E-state index is 12.2. The minimum Gasteiger partial charge on any atom is -0.472 e. The van der Waals surface area contributed by atoms with Gasteiger partial charge in [0.15, 0.2) is 0 Å². The molecule has 1 heterocycles. The summed E-state index contributed by atoms with van der Waals surface area (Å²) in [7, 11) is 0. The average molecular weight is 403 g/mol. The molecule has 1 unspecified atom stereocenters. The quantitative estimate of drug-likeness (QED) is 0.480. The molecule has 0 saturated heterocycles. The first-order chi connectivity index (χ1) is 13.7. The van der Waals surface area contributed by atoms with Gasteiger partial charge < -0.3 is 14.3 Å². The molecule has 162 valence electrons. The van der Waals surface area contributed by atoms with E-state index >= 15 is 0 Å². The van der Waals surface area contributed by atoms with E-state index < -0.39 is 6.10 Å². The van der Waals surface area contributed by atoms with Gasteiger partial charge in [0.05, 0.1) is 25.2 Å². The molecule has 29 heavy (non-hydrogen) atoms. The van der Waals surface area contributed by atoms with Crippen molar-refractivity contribution in [2.75, 3.05) is 6.61 Å². The van der Waals surface area contributed by atoms with E-state index in [2.05, 4.69) is 26.8 Å². The Morgan fingerprint density at radius 1 is 1.34 bits per heavy atom. The molecule has 4 nitrogen and oxygen atoms in total. The standard InChI is InChI=1S/C25H38O4/c1-17(2)14-23(27)29-16-20-21(26)6-7-22-24(4,12-9-19-10-13-28-15-19)18(3)8-11-25(20,22)5/h8,10,13,15,17,20-22,26H,6-7,9,11-12,14,16H2,1-5H3/t20-,21-,22+,24?,25+/m0/s1. The van der Waals surface area contributed by atoms with Gasteiger partial charge in [0.1, 0.15) is 0 Å². The molecule has 1 aromatic heterocycles. The number of rotatable bonds is 7. The van der Waals surface area contributed by atoms with Gasteiger partial charge in [-0.1, -0.05) is 39.3 Å². The van der Waals surface area contributed by atoms with Crippen LogP contribution in [0.15, 0.2) is 34.7 Å². The number of fused-ring (bicyclic) bond motifs is 1. The Hall–Kier alpha value is -1.55. The number of ether oxygens (including phenoxy) is 1. The molecule has 1 N–H and O–H groups in total. The van der Waals surface area contributed by atoms with Crippen LogP contribution in [0.25, 0.3) is 0 Å². The molecule has 5 atom stereocenters. The van der Waals surface area contributed by atoms with E-state index in [0.717, 1.165) is 32.1 Å². The fourth-order valence-electron chi connectivity index (χ4n) is 5.87. The van der Waals surface area contributed by atoms with Crippen LogP contribution < -0.4 is 0 Å². The van der Waals surface area contributed by atoms with Gasteiger partial charge in [0.25, 0.3) is 0 Å². The van der Waals surface area contributed by atoms with Gasteiger partial charge in [-0.25, -0.2) is 0 Å². The third-order valence-electron chi connectivity index (χ3n) is 7.89. The third kappa shape index (κ3) is 4.47. The lowest BCUT2D eigenvalue weighted by molar-refractivity contribution is -0.158. The molecule has 2 aliphatic rings. The zero-order valence-electron chi connectivity index (χ0n) is 18.7. The summed E-state index contributed by atoms with van der Waals surface area (Å²) in [6, 6.07) is 2.05. The highest BCUT2D eigenvalue weighted by atomic mass is 16.5. The van der Waals surface area contributed by atoms with Gasteiger partial charge in [-0.15, -0.1) is 0 Å². The summed E-state index contributed by atoms with van der Waals surface area (Å²) in [5.41, 5.74) is 2.70. The SMILES string of the molecule is CC1=CC[C@@]2(C)[C@H](CC[C@H](O)[C@@H]2COC(=O)CC(C)C)C1(C)CCc1ccoc1. The molecule has 0 aliphatic heterocycles. The topological polar surface area (TPSA) is 59.7 Å². The second kappa shape index (κ2) is 8.67. The van der Waals surface area contributed by atoms with Gasteiger partial charge in [-0.2, -0.15) is 0 Å². The number of furan rings is 1. The van der Waals surface area contributed by atoms with Crippen LogP contribution in [-0.2, 0) is 16.0 Å². The third-order valence-corrected chi connectivity index (χ3v) is 7.89. The zero-order chi connectivity index (χ0) is 21.2. The van der Waals surface area contributed by atoms with Gasteiger partial charge in [-0.05, 0) is 73.3 Å². The predicted molar refractivity (Wildman–Crippen MR) is 114 cm³/mol. The Morgan fingerprint density at radius 2 is 2.10 bits per heavy atom. The van der Waals surface area contributed by atoms with Crippen molar-refractivity contribution >= 4 is 5.97 Å². The van der Waals surface area contributed by atoms with E-state index in [-0.39, 0.29) is 28.6 Å². The van der Waals surface area contributed by atoms with Gasteiger partial charge in [0.2, 0.25) is 0 Å². The number of hydrogen-bond donors (Lipinski definition) is 1. The van der Waals surface area contributed by atoms with E-state index in [0.29, 0.717) is 18.9 Å². The fourth-order valence-corrected chi connectivity index (χ4v) is 5.87. The number of carbonyl (C=O) groups is 1. The lowest BCUT2D eigenvalue weighted by atomic mass is 9.47. The van der Waals surface area contributed by atoms with Crippen molar-refractivity contribution in [3.05, 3.63) is 35.8 Å². The van der Waals surface area contributed by atoms with Crippen molar-refractivity contribution in [3.8, 4) is 0 Å². The van der Waals surface area contributed by atoms with Crippen LogP contribution in [-0.4, -0.2) is 23.8 Å². The Labute approximate surface area is 175 Å². The highest BCUT2D eigenvalue weighted by molar-refractivity contribution is 5.69. The first-order valence-electron chi connectivity index (χ1n) is 11.2. The molecule has 2 aliphatic carbocycles. The smallest absolute Gasteiger partial charge is 0.306 e. The monoisotopic (exact) mass is 402 g/mol. The summed E-state index contributed by atoms with van der Waals surface area (Å²) >= 11 is 0. The van der Waals surface area contributed by atoms with Crippen LogP contribution in [0, 0.1) is 28.6 Å². The first kappa shape index (κ1) is 22.1. The molecule has 0 spiro atoms. The van der Waals surface area contributed by atoms with E-state index in [1.165, 1.54) is 11.1 Å². The van der Waals surface area contributed by atoms with E-state index in [1.54, 1.807) is 6.26 Å². The second-order valence-electron chi connectivity index (χ2n) is 10.2. The Bertz CT molecular complexity index is 719. The highest BCUT2D eigenvalue weighted by Gasteiger charge is 2.56. The van der Waals surface area contributed by atoms with E-state index in [9.17, 15) is 9.90 Å². The van der Waals surface area contributed by atoms with Crippen LogP contribution in [0.2, 0.25) is 0 Å². The van der Waals surface area contributed by atoms with Crippen molar-refractivity contribution in [1.29, 1.82) is 0 Å². The Kier molecular flexibility index (Phi) is 6.62. The maximum Gasteiger partial charge on any atom is 0.306 e. The van der Waals surface area contributed by atoms with E-state index in [1.807, 2.05) is 26.2 Å². The molecule has 1 saturated carbocycles.